The van der Waals surface area contributed by atoms with Crippen molar-refractivity contribution in [1.82, 2.24) is 9.97 Å². The molecule has 0 amide bonds. The van der Waals surface area contributed by atoms with Gasteiger partial charge in [-0.3, -0.25) is 9.97 Å². The summed E-state index contributed by atoms with van der Waals surface area (Å²) in [6.07, 6.45) is 3.73. The van der Waals surface area contributed by atoms with Crippen LogP contribution in [0.5, 0.6) is 0 Å². The van der Waals surface area contributed by atoms with Crippen LogP contribution in [0.4, 0.5) is 0 Å². The van der Waals surface area contributed by atoms with Crippen LogP contribution in [0.15, 0.2) is 134 Å². The number of benzene rings is 5. The van der Waals surface area contributed by atoms with Gasteiger partial charge in [-0.15, -0.1) is 0 Å². The molecule has 0 aliphatic heterocycles. The Kier molecular flexibility index (Phi) is 5.94. The van der Waals surface area contributed by atoms with E-state index in [9.17, 15) is 0 Å². The highest BCUT2D eigenvalue weighted by Gasteiger charge is 2.17. The molecule has 0 unspecified atom stereocenters. The molecule has 7 aromatic rings. The van der Waals surface area contributed by atoms with E-state index in [1.165, 1.54) is 60.5 Å². The Labute approximate surface area is 234 Å². The van der Waals surface area contributed by atoms with Crippen molar-refractivity contribution in [2.75, 3.05) is 0 Å². The maximum Gasteiger partial charge on any atom is 0.0704 e. The number of fused-ring (bicyclic) bond motifs is 2. The Morgan fingerprint density at radius 3 is 1.43 bits per heavy atom. The van der Waals surface area contributed by atoms with Crippen LogP contribution >= 0.6 is 0 Å². The number of rotatable bonds is 4. The summed E-state index contributed by atoms with van der Waals surface area (Å²) in [4.78, 5) is 9.06. The van der Waals surface area contributed by atoms with Gasteiger partial charge in [0.15, 0.2) is 0 Å². The van der Waals surface area contributed by atoms with Crippen LogP contribution in [-0.2, 0) is 0 Å². The van der Waals surface area contributed by atoms with Crippen molar-refractivity contribution in [3.05, 3.63) is 145 Å². The molecule has 2 aromatic heterocycles. The van der Waals surface area contributed by atoms with Gasteiger partial charge in [0.25, 0.3) is 0 Å². The maximum absolute atomic E-state index is 4.58. The van der Waals surface area contributed by atoms with E-state index in [1.807, 2.05) is 24.5 Å². The predicted molar refractivity (Wildman–Crippen MR) is 168 cm³/mol. The number of hydrogen-bond donors (Lipinski definition) is 0. The number of aromatic nitrogens is 2. The minimum atomic E-state index is 1.00. The first-order valence-corrected chi connectivity index (χ1v) is 13.7. The van der Waals surface area contributed by atoms with Crippen LogP contribution in [0.2, 0.25) is 0 Å². The molecule has 0 aliphatic carbocycles. The van der Waals surface area contributed by atoms with Gasteiger partial charge in [0, 0.05) is 29.2 Å². The van der Waals surface area contributed by atoms with E-state index in [-0.39, 0.29) is 0 Å². The summed E-state index contributed by atoms with van der Waals surface area (Å²) < 4.78 is 0. The molecule has 7 rings (SSSR count). The van der Waals surface area contributed by atoms with Crippen LogP contribution in [-0.4, -0.2) is 9.97 Å². The lowest BCUT2D eigenvalue weighted by molar-refractivity contribution is 1.20. The molecule has 0 atom stereocenters. The molecule has 0 radical (unpaired) electrons. The molecule has 0 bridgehead atoms. The van der Waals surface area contributed by atoms with Gasteiger partial charge in [-0.2, -0.15) is 0 Å². The quantitative estimate of drug-likeness (QED) is 0.219. The summed E-state index contributed by atoms with van der Waals surface area (Å²) in [6, 6.07) is 43.7. The molecule has 0 saturated carbocycles. The van der Waals surface area contributed by atoms with Gasteiger partial charge in [0.2, 0.25) is 0 Å². The fourth-order valence-corrected chi connectivity index (χ4v) is 5.86. The fourth-order valence-electron chi connectivity index (χ4n) is 5.86. The van der Waals surface area contributed by atoms with E-state index in [1.54, 1.807) is 0 Å². The van der Waals surface area contributed by atoms with Crippen molar-refractivity contribution in [1.29, 1.82) is 0 Å². The van der Waals surface area contributed by atoms with Crippen LogP contribution in [0.3, 0.4) is 0 Å². The smallest absolute Gasteiger partial charge is 0.0704 e. The van der Waals surface area contributed by atoms with Crippen molar-refractivity contribution in [2.24, 2.45) is 0 Å². The highest BCUT2D eigenvalue weighted by Crippen LogP contribution is 2.44. The average molecular weight is 513 g/mol. The zero-order valence-corrected chi connectivity index (χ0v) is 22.6. The Morgan fingerprint density at radius 1 is 0.425 bits per heavy atom. The lowest BCUT2D eigenvalue weighted by atomic mass is 9.85. The van der Waals surface area contributed by atoms with E-state index in [4.69, 9.17) is 0 Å². The summed E-state index contributed by atoms with van der Waals surface area (Å²) in [6.45, 7) is 4.17. The van der Waals surface area contributed by atoms with Gasteiger partial charge in [-0.05, 0) is 87.0 Å². The van der Waals surface area contributed by atoms with Gasteiger partial charge in [0.1, 0.15) is 0 Å². The second-order valence-electron chi connectivity index (χ2n) is 10.4. The Hall–Kier alpha value is -5.08. The average Bonchev–Trinajstić information content (AvgIpc) is 3.00. The molecule has 2 heteroatoms. The third-order valence-electron chi connectivity index (χ3n) is 7.81. The second kappa shape index (κ2) is 9.91. The SMILES string of the molecule is Cc1ccnc(-c2ccc(-c3c4ccccc4c(-c4ccc(-c5cccnc5C)cc4)c4ccccc34)cc2)c1. The van der Waals surface area contributed by atoms with Gasteiger partial charge in [-0.25, -0.2) is 0 Å². The first-order chi connectivity index (χ1) is 19.7. The van der Waals surface area contributed by atoms with Gasteiger partial charge in [0.05, 0.1) is 5.69 Å². The summed E-state index contributed by atoms with van der Waals surface area (Å²) in [7, 11) is 0. The Bertz CT molecular complexity index is 1950. The van der Waals surface area contributed by atoms with Gasteiger partial charge < -0.3 is 0 Å². The van der Waals surface area contributed by atoms with E-state index < -0.39 is 0 Å². The number of pyridine rings is 2. The highest BCUT2D eigenvalue weighted by molar-refractivity contribution is 6.21. The summed E-state index contributed by atoms with van der Waals surface area (Å²) in [5.41, 5.74) is 11.7. The largest absolute Gasteiger partial charge is 0.261 e. The van der Waals surface area contributed by atoms with Crippen molar-refractivity contribution in [2.45, 2.75) is 13.8 Å². The van der Waals surface area contributed by atoms with E-state index >= 15 is 0 Å². The Morgan fingerprint density at radius 2 is 0.925 bits per heavy atom. The number of nitrogens with zero attached hydrogens (tertiary/aromatic N) is 2. The van der Waals surface area contributed by atoms with Crippen LogP contribution in [0, 0.1) is 13.8 Å². The monoisotopic (exact) mass is 512 g/mol. The molecule has 0 spiro atoms. The van der Waals surface area contributed by atoms with Crippen molar-refractivity contribution in [3.8, 4) is 44.6 Å². The lowest BCUT2D eigenvalue weighted by Gasteiger charge is -2.18. The Balaban J connectivity index is 1.41. The molecule has 40 heavy (non-hydrogen) atoms. The summed E-state index contributed by atoms with van der Waals surface area (Å²) in [5.74, 6) is 0. The minimum absolute atomic E-state index is 1.00. The fraction of sp³-hybridized carbons (Fsp3) is 0.0526. The topological polar surface area (TPSA) is 25.8 Å². The van der Waals surface area contributed by atoms with E-state index in [0.29, 0.717) is 0 Å². The number of hydrogen-bond acceptors (Lipinski definition) is 2. The molecule has 5 aromatic carbocycles. The summed E-state index contributed by atoms with van der Waals surface area (Å²) >= 11 is 0. The first kappa shape index (κ1) is 24.0. The summed E-state index contributed by atoms with van der Waals surface area (Å²) in [5, 5.41) is 5.02. The normalized spacial score (nSPS) is 11.2. The van der Waals surface area contributed by atoms with Crippen molar-refractivity contribution < 1.29 is 0 Å². The third-order valence-corrected chi connectivity index (χ3v) is 7.81. The van der Waals surface area contributed by atoms with E-state index in [2.05, 4.69) is 133 Å². The molecule has 0 fully saturated rings. The number of aryl methyl sites for hydroxylation is 2. The molecule has 0 aliphatic rings. The van der Waals surface area contributed by atoms with Crippen LogP contribution < -0.4 is 0 Å². The molecular formula is C38H28N2. The molecule has 2 nitrogen and oxygen atoms in total. The zero-order chi connectivity index (χ0) is 27.1. The zero-order valence-electron chi connectivity index (χ0n) is 22.6. The first-order valence-electron chi connectivity index (χ1n) is 13.7. The van der Waals surface area contributed by atoms with Crippen LogP contribution in [0.1, 0.15) is 11.3 Å². The third kappa shape index (κ3) is 4.15. The van der Waals surface area contributed by atoms with Crippen molar-refractivity contribution in [3.63, 3.8) is 0 Å². The molecule has 0 N–H and O–H groups in total. The standard InChI is InChI=1S/C38H28N2/c1-25-21-23-40-36(24-25)28-15-19-30(20-16-28)38-34-10-5-3-8-32(34)37(33-9-4-6-11-35(33)38)29-17-13-27(14-18-29)31-12-7-22-39-26(31)2/h3-24H,1-2H3. The predicted octanol–water partition coefficient (Wildman–Crippen LogP) is 10.1. The van der Waals surface area contributed by atoms with Gasteiger partial charge in [-0.1, -0.05) is 103 Å². The maximum atomic E-state index is 4.58. The molecule has 2 heterocycles. The molecule has 0 saturated heterocycles. The highest BCUT2D eigenvalue weighted by atomic mass is 14.7. The minimum Gasteiger partial charge on any atom is -0.261 e. The van der Waals surface area contributed by atoms with Crippen LogP contribution in [0.25, 0.3) is 66.2 Å². The molecule has 190 valence electrons. The van der Waals surface area contributed by atoms with Gasteiger partial charge >= 0.3 is 0 Å². The lowest BCUT2D eigenvalue weighted by Crippen LogP contribution is -1.91. The molecular weight excluding hydrogens is 484 g/mol. The van der Waals surface area contributed by atoms with Crippen molar-refractivity contribution >= 4 is 21.5 Å². The second-order valence-corrected chi connectivity index (χ2v) is 10.4. The van der Waals surface area contributed by atoms with E-state index in [0.717, 1.165) is 17.0 Å².